The van der Waals surface area contributed by atoms with Crippen LogP contribution in [-0.4, -0.2) is 10.2 Å². The predicted octanol–water partition coefficient (Wildman–Crippen LogP) is 0.410. The number of aromatic amines is 1. The van der Waals surface area contributed by atoms with Gasteiger partial charge in [-0.05, 0) is 6.07 Å². The number of aromatic nitrogens is 2. The molecule has 0 aliphatic heterocycles. The van der Waals surface area contributed by atoms with Crippen molar-refractivity contribution in [2.24, 2.45) is 0 Å². The van der Waals surface area contributed by atoms with Gasteiger partial charge in [-0.15, -0.1) is 0 Å². The molecule has 0 aliphatic rings. The third-order valence-electron chi connectivity index (χ3n) is 0.406. The van der Waals surface area contributed by atoms with Crippen LogP contribution < -0.4 is 0 Å². The summed E-state index contributed by atoms with van der Waals surface area (Å²) in [6.07, 6.45) is 3.46. The first-order valence-corrected chi connectivity index (χ1v) is 1.44. The molecule has 0 spiro atoms. The minimum atomic E-state index is 0. The number of hydrogen-bond acceptors (Lipinski definition) is 1. The molecule has 0 saturated heterocycles. The van der Waals surface area contributed by atoms with Crippen LogP contribution in [0.4, 0.5) is 0 Å². The van der Waals surface area contributed by atoms with E-state index >= 15 is 0 Å². The van der Waals surface area contributed by atoms with Crippen molar-refractivity contribution < 1.29 is 35.6 Å². The number of nitrogens with one attached hydrogen (secondary N) is 1. The van der Waals surface area contributed by atoms with E-state index in [0.29, 0.717) is 0 Å². The molecule has 1 rings (SSSR count). The van der Waals surface area contributed by atoms with Crippen molar-refractivity contribution in [1.82, 2.24) is 10.2 Å². The number of nitrogens with zero attached hydrogens (tertiary/aromatic N) is 1. The molecule has 29 valence electrons. The summed E-state index contributed by atoms with van der Waals surface area (Å²) < 4.78 is 0. The van der Waals surface area contributed by atoms with E-state index in [9.17, 15) is 0 Å². The van der Waals surface area contributed by atoms with E-state index in [-0.39, 0.29) is 35.6 Å². The van der Waals surface area contributed by atoms with Gasteiger partial charge in [0.1, 0.15) is 0 Å². The zero-order valence-electron chi connectivity index (χ0n) is 3.26. The molecule has 1 aromatic heterocycles. The predicted molar refractivity (Wildman–Crippen MR) is 18.6 cm³/mol. The molecular formula is C3H4LaN2. The van der Waals surface area contributed by atoms with Crippen LogP contribution in [0.1, 0.15) is 0 Å². The SMILES string of the molecule is [La].c1cn[nH]c1. The molecule has 6 heavy (non-hydrogen) atoms. The van der Waals surface area contributed by atoms with Gasteiger partial charge in [-0.3, -0.25) is 5.10 Å². The van der Waals surface area contributed by atoms with Crippen LogP contribution in [0.3, 0.4) is 0 Å². The maximum absolute atomic E-state index is 3.60. The minimum absolute atomic E-state index is 0. The zero-order valence-corrected chi connectivity index (χ0v) is 6.88. The summed E-state index contributed by atoms with van der Waals surface area (Å²) in [4.78, 5) is 0. The maximum Gasteiger partial charge on any atom is 0.0487 e. The average Bonchev–Trinajstić information content (AvgIpc) is 1.76. The second-order valence-electron chi connectivity index (χ2n) is 0.766. The topological polar surface area (TPSA) is 28.7 Å². The van der Waals surface area contributed by atoms with Crippen LogP contribution in [-0.2, 0) is 0 Å². The molecule has 0 unspecified atom stereocenters. The van der Waals surface area contributed by atoms with E-state index < -0.39 is 0 Å². The maximum atomic E-state index is 3.60. The van der Waals surface area contributed by atoms with Crippen LogP contribution in [0.25, 0.3) is 0 Å². The van der Waals surface area contributed by atoms with Gasteiger partial charge in [0.05, 0.1) is 0 Å². The summed E-state index contributed by atoms with van der Waals surface area (Å²) in [7, 11) is 0. The van der Waals surface area contributed by atoms with Gasteiger partial charge in [-0.1, -0.05) is 0 Å². The Morgan fingerprint density at radius 2 is 2.33 bits per heavy atom. The molecule has 1 heterocycles. The van der Waals surface area contributed by atoms with E-state index in [4.69, 9.17) is 0 Å². The molecule has 0 aliphatic carbocycles. The Balaban J connectivity index is 0.000000250. The first-order valence-electron chi connectivity index (χ1n) is 1.44. The quantitative estimate of drug-likeness (QED) is 0.655. The molecule has 1 radical (unpaired) electrons. The molecule has 0 atom stereocenters. The van der Waals surface area contributed by atoms with Crippen LogP contribution in [0.15, 0.2) is 18.5 Å². The fourth-order valence-electron chi connectivity index (χ4n) is 0.215. The molecular weight excluding hydrogens is 203 g/mol. The minimum Gasteiger partial charge on any atom is -0.286 e. The van der Waals surface area contributed by atoms with Crippen LogP contribution in [0, 0.1) is 35.6 Å². The Morgan fingerprint density at radius 3 is 2.50 bits per heavy atom. The number of H-pyrrole nitrogens is 1. The van der Waals surface area contributed by atoms with Crippen molar-refractivity contribution in [3.63, 3.8) is 0 Å². The Labute approximate surface area is 63.9 Å². The molecule has 0 aromatic carbocycles. The number of rotatable bonds is 0. The first-order chi connectivity index (χ1) is 2.50. The summed E-state index contributed by atoms with van der Waals surface area (Å²) in [5.74, 6) is 0. The summed E-state index contributed by atoms with van der Waals surface area (Å²) in [5, 5.41) is 6.21. The normalized spacial score (nSPS) is 6.67. The van der Waals surface area contributed by atoms with Gasteiger partial charge in [0, 0.05) is 48.0 Å². The van der Waals surface area contributed by atoms with Crippen molar-refractivity contribution in [1.29, 1.82) is 0 Å². The second kappa shape index (κ2) is 3.59. The van der Waals surface area contributed by atoms with E-state index in [2.05, 4.69) is 10.2 Å². The largest absolute Gasteiger partial charge is 0.286 e. The first kappa shape index (κ1) is 6.40. The van der Waals surface area contributed by atoms with Crippen LogP contribution in [0.5, 0.6) is 0 Å². The van der Waals surface area contributed by atoms with Gasteiger partial charge in [0.15, 0.2) is 0 Å². The van der Waals surface area contributed by atoms with Crippen molar-refractivity contribution in [2.45, 2.75) is 0 Å². The number of hydrogen-bond donors (Lipinski definition) is 1. The van der Waals surface area contributed by atoms with E-state index in [0.717, 1.165) is 0 Å². The van der Waals surface area contributed by atoms with Gasteiger partial charge < -0.3 is 0 Å². The molecule has 1 aromatic rings. The smallest absolute Gasteiger partial charge is 0.0487 e. The van der Waals surface area contributed by atoms with Gasteiger partial charge in [0.2, 0.25) is 0 Å². The Hall–Kier alpha value is 0.405. The third kappa shape index (κ3) is 1.75. The Kier molecular flexibility index (Phi) is 3.83. The van der Waals surface area contributed by atoms with Crippen molar-refractivity contribution in [3.8, 4) is 0 Å². The summed E-state index contributed by atoms with van der Waals surface area (Å²) in [5.41, 5.74) is 0. The molecule has 0 amide bonds. The monoisotopic (exact) mass is 207 g/mol. The average molecular weight is 207 g/mol. The molecule has 1 N–H and O–H groups in total. The molecule has 0 saturated carbocycles. The third-order valence-corrected chi connectivity index (χ3v) is 0.406. The molecule has 0 fully saturated rings. The van der Waals surface area contributed by atoms with Gasteiger partial charge in [-0.2, -0.15) is 5.10 Å². The van der Waals surface area contributed by atoms with E-state index in [1.165, 1.54) is 0 Å². The zero-order chi connectivity index (χ0) is 3.54. The van der Waals surface area contributed by atoms with Gasteiger partial charge >= 0.3 is 0 Å². The molecule has 3 heteroatoms. The van der Waals surface area contributed by atoms with Crippen molar-refractivity contribution in [3.05, 3.63) is 18.5 Å². The van der Waals surface area contributed by atoms with Crippen LogP contribution >= 0.6 is 0 Å². The second-order valence-corrected chi connectivity index (χ2v) is 0.766. The van der Waals surface area contributed by atoms with E-state index in [1.807, 2.05) is 6.07 Å². The van der Waals surface area contributed by atoms with Crippen LogP contribution in [0.2, 0.25) is 0 Å². The molecule has 2 nitrogen and oxygen atoms in total. The van der Waals surface area contributed by atoms with Crippen molar-refractivity contribution in [2.75, 3.05) is 0 Å². The fourth-order valence-corrected chi connectivity index (χ4v) is 0.215. The Morgan fingerprint density at radius 1 is 1.50 bits per heavy atom. The van der Waals surface area contributed by atoms with Gasteiger partial charge in [-0.25, -0.2) is 0 Å². The Bertz CT molecular complexity index is 65.3. The van der Waals surface area contributed by atoms with E-state index in [1.54, 1.807) is 12.4 Å². The summed E-state index contributed by atoms with van der Waals surface area (Å²) >= 11 is 0. The van der Waals surface area contributed by atoms with Crippen molar-refractivity contribution >= 4 is 0 Å². The summed E-state index contributed by atoms with van der Waals surface area (Å²) in [6.45, 7) is 0. The summed E-state index contributed by atoms with van der Waals surface area (Å²) in [6, 6.07) is 1.83. The molecule has 0 bridgehead atoms. The fraction of sp³-hybridized carbons (Fsp3) is 0. The standard InChI is InChI=1S/C3H4N2.La/c1-2-4-5-3-1;/h1-3H,(H,4,5);. The van der Waals surface area contributed by atoms with Gasteiger partial charge in [0.25, 0.3) is 0 Å².